The molecule has 0 aromatic carbocycles. The summed E-state index contributed by atoms with van der Waals surface area (Å²) in [7, 11) is 0. The van der Waals surface area contributed by atoms with Crippen LogP contribution in [0.25, 0.3) is 0 Å². The maximum atomic E-state index is 11.4. The number of amides is 1. The second kappa shape index (κ2) is 9.51. The standard InChI is InChI=1S/C11H21NO3S/c1-9(7-8-16-2)12-10(13)5-3-4-6-11(14)15/h9H,3-8H2,1-2H3,(H,12,13)(H,14,15). The normalized spacial score (nSPS) is 12.1. The summed E-state index contributed by atoms with van der Waals surface area (Å²) in [6.07, 6.45) is 4.81. The van der Waals surface area contributed by atoms with E-state index in [4.69, 9.17) is 5.11 Å². The van der Waals surface area contributed by atoms with Gasteiger partial charge in [0, 0.05) is 18.9 Å². The highest BCUT2D eigenvalue weighted by molar-refractivity contribution is 7.98. The van der Waals surface area contributed by atoms with Crippen LogP contribution in [0.3, 0.4) is 0 Å². The number of unbranched alkanes of at least 4 members (excludes halogenated alkanes) is 1. The van der Waals surface area contributed by atoms with Gasteiger partial charge in [-0.1, -0.05) is 0 Å². The second-order valence-corrected chi connectivity index (χ2v) is 4.84. The number of rotatable bonds is 9. The topological polar surface area (TPSA) is 66.4 Å². The van der Waals surface area contributed by atoms with Crippen molar-refractivity contribution in [1.29, 1.82) is 0 Å². The molecule has 5 heteroatoms. The molecular weight excluding hydrogens is 226 g/mol. The Balaban J connectivity index is 3.46. The average Bonchev–Trinajstić information content (AvgIpc) is 2.21. The Morgan fingerprint density at radius 2 is 1.94 bits per heavy atom. The van der Waals surface area contributed by atoms with Crippen LogP contribution in [0.4, 0.5) is 0 Å². The van der Waals surface area contributed by atoms with Gasteiger partial charge in [-0.15, -0.1) is 0 Å². The van der Waals surface area contributed by atoms with Crippen LogP contribution in [0, 0.1) is 0 Å². The molecule has 0 bridgehead atoms. The van der Waals surface area contributed by atoms with E-state index in [9.17, 15) is 9.59 Å². The van der Waals surface area contributed by atoms with Crippen molar-refractivity contribution in [3.05, 3.63) is 0 Å². The lowest BCUT2D eigenvalue weighted by molar-refractivity contribution is -0.137. The predicted molar refractivity (Wildman–Crippen MR) is 66.7 cm³/mol. The quantitative estimate of drug-likeness (QED) is 0.611. The van der Waals surface area contributed by atoms with Crippen LogP contribution >= 0.6 is 11.8 Å². The number of carbonyl (C=O) groups is 2. The van der Waals surface area contributed by atoms with Crippen LogP contribution < -0.4 is 5.32 Å². The summed E-state index contributed by atoms with van der Waals surface area (Å²) in [5, 5.41) is 11.3. The van der Waals surface area contributed by atoms with Gasteiger partial charge in [0.2, 0.25) is 5.91 Å². The summed E-state index contributed by atoms with van der Waals surface area (Å²) in [5.74, 6) is 0.272. The molecule has 0 aromatic heterocycles. The summed E-state index contributed by atoms with van der Waals surface area (Å²) < 4.78 is 0. The van der Waals surface area contributed by atoms with Crippen LogP contribution in [0.5, 0.6) is 0 Å². The molecule has 1 unspecified atom stereocenters. The van der Waals surface area contributed by atoms with Gasteiger partial charge in [0.25, 0.3) is 0 Å². The first-order valence-electron chi connectivity index (χ1n) is 5.56. The van der Waals surface area contributed by atoms with Crippen LogP contribution in [0.2, 0.25) is 0 Å². The highest BCUT2D eigenvalue weighted by Crippen LogP contribution is 2.02. The molecule has 0 aliphatic carbocycles. The van der Waals surface area contributed by atoms with Crippen molar-refractivity contribution < 1.29 is 14.7 Å². The molecule has 1 atom stereocenters. The van der Waals surface area contributed by atoms with Crippen molar-refractivity contribution in [3.63, 3.8) is 0 Å². The van der Waals surface area contributed by atoms with Gasteiger partial charge in [0.05, 0.1) is 0 Å². The average molecular weight is 247 g/mol. The number of aliphatic carboxylic acids is 1. The Hall–Kier alpha value is -0.710. The maximum absolute atomic E-state index is 11.4. The zero-order valence-corrected chi connectivity index (χ0v) is 10.8. The third kappa shape index (κ3) is 9.83. The third-order valence-corrected chi connectivity index (χ3v) is 2.85. The monoisotopic (exact) mass is 247 g/mol. The Kier molecular flexibility index (Phi) is 9.09. The van der Waals surface area contributed by atoms with Gasteiger partial charge in [-0.05, 0) is 38.2 Å². The fraction of sp³-hybridized carbons (Fsp3) is 0.818. The van der Waals surface area contributed by atoms with Gasteiger partial charge in [-0.2, -0.15) is 11.8 Å². The summed E-state index contributed by atoms with van der Waals surface area (Å²) in [4.78, 5) is 21.6. The molecule has 1 amide bonds. The SMILES string of the molecule is CSCCC(C)NC(=O)CCCCC(=O)O. The lowest BCUT2D eigenvalue weighted by atomic mass is 10.1. The molecule has 0 radical (unpaired) electrons. The van der Waals surface area contributed by atoms with E-state index in [2.05, 4.69) is 5.32 Å². The number of carboxylic acids is 1. The molecule has 0 aromatic rings. The lowest BCUT2D eigenvalue weighted by Crippen LogP contribution is -2.32. The largest absolute Gasteiger partial charge is 0.481 e. The van der Waals surface area contributed by atoms with Crippen LogP contribution in [-0.2, 0) is 9.59 Å². The molecule has 94 valence electrons. The molecule has 0 aliphatic heterocycles. The fourth-order valence-electron chi connectivity index (χ4n) is 1.28. The molecule has 4 nitrogen and oxygen atoms in total. The van der Waals surface area contributed by atoms with E-state index in [1.807, 2.05) is 13.2 Å². The van der Waals surface area contributed by atoms with Gasteiger partial charge >= 0.3 is 5.97 Å². The molecule has 0 aliphatic rings. The van der Waals surface area contributed by atoms with E-state index in [1.54, 1.807) is 11.8 Å². The van der Waals surface area contributed by atoms with Crippen molar-refractivity contribution >= 4 is 23.6 Å². The zero-order chi connectivity index (χ0) is 12.4. The van der Waals surface area contributed by atoms with E-state index in [1.165, 1.54) is 0 Å². The summed E-state index contributed by atoms with van der Waals surface area (Å²) in [6.45, 7) is 1.99. The number of nitrogens with one attached hydrogen (secondary N) is 1. The molecule has 0 heterocycles. The van der Waals surface area contributed by atoms with Gasteiger partial charge < -0.3 is 10.4 Å². The van der Waals surface area contributed by atoms with Crippen molar-refractivity contribution in [3.8, 4) is 0 Å². The highest BCUT2D eigenvalue weighted by Gasteiger charge is 2.06. The Labute approximate surface area is 101 Å². The summed E-state index contributed by atoms with van der Waals surface area (Å²) in [5.41, 5.74) is 0. The second-order valence-electron chi connectivity index (χ2n) is 3.85. The minimum absolute atomic E-state index is 0.0268. The van der Waals surface area contributed by atoms with E-state index in [-0.39, 0.29) is 18.4 Å². The van der Waals surface area contributed by atoms with Crippen LogP contribution in [0.15, 0.2) is 0 Å². The smallest absolute Gasteiger partial charge is 0.303 e. The Morgan fingerprint density at radius 3 is 2.50 bits per heavy atom. The van der Waals surface area contributed by atoms with E-state index < -0.39 is 5.97 Å². The van der Waals surface area contributed by atoms with Crippen LogP contribution in [0.1, 0.15) is 39.0 Å². The molecule has 0 fully saturated rings. The van der Waals surface area contributed by atoms with Crippen molar-refractivity contribution in [1.82, 2.24) is 5.32 Å². The van der Waals surface area contributed by atoms with Gasteiger partial charge in [-0.25, -0.2) is 0 Å². The molecule has 16 heavy (non-hydrogen) atoms. The summed E-state index contributed by atoms with van der Waals surface area (Å²) in [6, 6.07) is 0.208. The minimum Gasteiger partial charge on any atom is -0.481 e. The Morgan fingerprint density at radius 1 is 1.31 bits per heavy atom. The third-order valence-electron chi connectivity index (χ3n) is 2.21. The first-order chi connectivity index (χ1) is 7.56. The van der Waals surface area contributed by atoms with Crippen molar-refractivity contribution in [2.24, 2.45) is 0 Å². The number of hydrogen-bond donors (Lipinski definition) is 2. The van der Waals surface area contributed by atoms with Gasteiger partial charge in [0.1, 0.15) is 0 Å². The molecule has 0 saturated carbocycles. The molecule has 0 spiro atoms. The maximum Gasteiger partial charge on any atom is 0.303 e. The molecule has 2 N–H and O–H groups in total. The fourth-order valence-corrected chi connectivity index (χ4v) is 1.86. The molecular formula is C11H21NO3S. The zero-order valence-electron chi connectivity index (χ0n) is 9.99. The molecule has 0 rings (SSSR count). The van der Waals surface area contributed by atoms with Gasteiger partial charge in [0.15, 0.2) is 0 Å². The number of carbonyl (C=O) groups excluding carboxylic acids is 1. The van der Waals surface area contributed by atoms with E-state index in [0.29, 0.717) is 19.3 Å². The number of thioether (sulfide) groups is 1. The molecule has 0 saturated heterocycles. The summed E-state index contributed by atoms with van der Waals surface area (Å²) >= 11 is 1.77. The van der Waals surface area contributed by atoms with Gasteiger partial charge in [-0.3, -0.25) is 9.59 Å². The van der Waals surface area contributed by atoms with Crippen molar-refractivity contribution in [2.45, 2.75) is 45.1 Å². The number of carboxylic acid groups (broad SMARTS) is 1. The van der Waals surface area contributed by atoms with Crippen molar-refractivity contribution in [2.75, 3.05) is 12.0 Å². The minimum atomic E-state index is -0.797. The highest BCUT2D eigenvalue weighted by atomic mass is 32.2. The number of hydrogen-bond acceptors (Lipinski definition) is 3. The van der Waals surface area contributed by atoms with E-state index in [0.717, 1.165) is 12.2 Å². The first kappa shape index (κ1) is 15.3. The predicted octanol–water partition coefficient (Wildman–Crippen LogP) is 1.89. The first-order valence-corrected chi connectivity index (χ1v) is 6.95. The Bertz CT molecular complexity index is 221. The van der Waals surface area contributed by atoms with Crippen LogP contribution in [-0.4, -0.2) is 35.0 Å². The lowest BCUT2D eigenvalue weighted by Gasteiger charge is -2.12. The van der Waals surface area contributed by atoms with E-state index >= 15 is 0 Å².